The molecule has 0 unspecified atom stereocenters. The Morgan fingerprint density at radius 3 is 2.59 bits per heavy atom. The Labute approximate surface area is 136 Å². The maximum Gasteiger partial charge on any atom is 0.231 e. The van der Waals surface area contributed by atoms with Crippen molar-refractivity contribution in [1.29, 1.82) is 0 Å². The summed E-state index contributed by atoms with van der Waals surface area (Å²) in [4.78, 5) is 13.9. The van der Waals surface area contributed by atoms with Crippen molar-refractivity contribution in [2.75, 3.05) is 19.3 Å². The predicted molar refractivity (Wildman–Crippen MR) is 89.6 cm³/mol. The van der Waals surface area contributed by atoms with Gasteiger partial charge in [0.15, 0.2) is 0 Å². The van der Waals surface area contributed by atoms with Gasteiger partial charge < -0.3 is 5.32 Å². The van der Waals surface area contributed by atoms with Gasteiger partial charge >= 0.3 is 0 Å². The number of nitrogens with one attached hydrogen (secondary N) is 2. The van der Waals surface area contributed by atoms with Gasteiger partial charge in [-0.3, -0.25) is 4.79 Å². The fourth-order valence-electron chi connectivity index (χ4n) is 3.01. The fourth-order valence-corrected chi connectivity index (χ4v) is 4.51. The van der Waals surface area contributed by atoms with Gasteiger partial charge in [0.05, 0.1) is 11.7 Å². The molecule has 1 aromatic heterocycles. The van der Waals surface area contributed by atoms with Crippen molar-refractivity contribution in [1.82, 2.24) is 10.0 Å². The molecule has 0 atom stereocenters. The minimum Gasteiger partial charge on any atom is -0.355 e. The Bertz CT molecular complexity index is 576. The summed E-state index contributed by atoms with van der Waals surface area (Å²) in [7, 11) is -3.15. The molecule has 1 fully saturated rings. The summed E-state index contributed by atoms with van der Waals surface area (Å²) in [6.45, 7) is 0.847. The SMILES string of the molecule is CS(=O)(=O)NCCCNC(=O)C1(c2cccs2)CCCCC1. The molecular weight excluding hydrogens is 320 g/mol. The molecule has 0 aliphatic heterocycles. The van der Waals surface area contributed by atoms with Gasteiger partial charge in [0.2, 0.25) is 15.9 Å². The first-order valence-corrected chi connectivity index (χ1v) is 10.5. The first kappa shape index (κ1) is 17.4. The second-order valence-corrected chi connectivity index (χ2v) is 8.68. The Kier molecular flexibility index (Phi) is 6.00. The lowest BCUT2D eigenvalue weighted by molar-refractivity contribution is -0.127. The van der Waals surface area contributed by atoms with Crippen LogP contribution in [0.2, 0.25) is 0 Å². The number of hydrogen-bond acceptors (Lipinski definition) is 4. The van der Waals surface area contributed by atoms with Gasteiger partial charge in [0, 0.05) is 18.0 Å². The van der Waals surface area contributed by atoms with Crippen LogP contribution in [0.5, 0.6) is 0 Å². The zero-order valence-electron chi connectivity index (χ0n) is 12.9. The molecule has 1 saturated carbocycles. The first-order chi connectivity index (χ1) is 10.4. The van der Waals surface area contributed by atoms with Crippen molar-refractivity contribution in [3.63, 3.8) is 0 Å². The maximum absolute atomic E-state index is 12.7. The highest BCUT2D eigenvalue weighted by atomic mass is 32.2. The van der Waals surface area contributed by atoms with Crippen LogP contribution in [0.3, 0.4) is 0 Å². The van der Waals surface area contributed by atoms with Crippen LogP contribution in [0.4, 0.5) is 0 Å². The van der Waals surface area contributed by atoms with Crippen LogP contribution in [0, 0.1) is 0 Å². The van der Waals surface area contributed by atoms with Gasteiger partial charge in [-0.15, -0.1) is 11.3 Å². The second kappa shape index (κ2) is 7.57. The molecule has 0 spiro atoms. The number of hydrogen-bond donors (Lipinski definition) is 2. The minimum atomic E-state index is -3.15. The van der Waals surface area contributed by atoms with Crippen molar-refractivity contribution >= 4 is 27.3 Å². The summed E-state index contributed by atoms with van der Waals surface area (Å²) in [5, 5.41) is 5.02. The molecule has 1 amide bonds. The Hall–Kier alpha value is -0.920. The van der Waals surface area contributed by atoms with E-state index in [4.69, 9.17) is 0 Å². The average molecular weight is 345 g/mol. The van der Waals surface area contributed by atoms with E-state index in [0.717, 1.165) is 36.8 Å². The molecule has 1 heterocycles. The normalized spacial score (nSPS) is 18.0. The van der Waals surface area contributed by atoms with Crippen LogP contribution in [0.25, 0.3) is 0 Å². The monoisotopic (exact) mass is 344 g/mol. The van der Waals surface area contributed by atoms with Crippen LogP contribution >= 0.6 is 11.3 Å². The molecule has 5 nitrogen and oxygen atoms in total. The summed E-state index contributed by atoms with van der Waals surface area (Å²) in [5.41, 5.74) is -0.378. The topological polar surface area (TPSA) is 75.3 Å². The van der Waals surface area contributed by atoms with E-state index < -0.39 is 10.0 Å². The van der Waals surface area contributed by atoms with Crippen LogP contribution < -0.4 is 10.0 Å². The zero-order valence-corrected chi connectivity index (χ0v) is 14.6. The van der Waals surface area contributed by atoms with Crippen molar-refractivity contribution in [3.8, 4) is 0 Å². The smallest absolute Gasteiger partial charge is 0.231 e. The highest BCUT2D eigenvalue weighted by Gasteiger charge is 2.41. The van der Waals surface area contributed by atoms with E-state index in [0.29, 0.717) is 19.5 Å². The number of amides is 1. The quantitative estimate of drug-likeness (QED) is 0.743. The molecule has 2 N–H and O–H groups in total. The van der Waals surface area contributed by atoms with Crippen molar-refractivity contribution in [3.05, 3.63) is 22.4 Å². The number of carbonyl (C=O) groups excluding carboxylic acids is 1. The molecule has 22 heavy (non-hydrogen) atoms. The highest BCUT2D eigenvalue weighted by Crippen LogP contribution is 2.41. The lowest BCUT2D eigenvalue weighted by atomic mass is 9.72. The molecule has 0 radical (unpaired) electrons. The minimum absolute atomic E-state index is 0.0917. The van der Waals surface area contributed by atoms with E-state index in [2.05, 4.69) is 16.1 Å². The molecule has 1 aliphatic carbocycles. The maximum atomic E-state index is 12.7. The molecule has 0 aromatic carbocycles. The molecule has 124 valence electrons. The van der Waals surface area contributed by atoms with E-state index >= 15 is 0 Å². The first-order valence-electron chi connectivity index (χ1n) is 7.71. The van der Waals surface area contributed by atoms with Gasteiger partial charge in [-0.05, 0) is 30.7 Å². The summed E-state index contributed by atoms with van der Waals surface area (Å²) in [6, 6.07) is 4.06. The lowest BCUT2D eigenvalue weighted by Gasteiger charge is -2.35. The van der Waals surface area contributed by atoms with Crippen molar-refractivity contribution in [2.45, 2.75) is 43.9 Å². The summed E-state index contributed by atoms with van der Waals surface area (Å²) in [6.07, 6.45) is 6.90. The Balaban J connectivity index is 1.90. The van der Waals surface area contributed by atoms with E-state index in [1.807, 2.05) is 11.4 Å². The van der Waals surface area contributed by atoms with E-state index in [-0.39, 0.29) is 11.3 Å². The van der Waals surface area contributed by atoms with E-state index in [9.17, 15) is 13.2 Å². The summed E-state index contributed by atoms with van der Waals surface area (Å²) >= 11 is 1.65. The van der Waals surface area contributed by atoms with E-state index in [1.165, 1.54) is 6.42 Å². The van der Waals surface area contributed by atoms with Gasteiger partial charge in [0.1, 0.15) is 0 Å². The zero-order chi connectivity index (χ0) is 16.1. The highest BCUT2D eigenvalue weighted by molar-refractivity contribution is 7.88. The second-order valence-electron chi connectivity index (χ2n) is 5.90. The fraction of sp³-hybridized carbons (Fsp3) is 0.667. The Morgan fingerprint density at radius 2 is 2.00 bits per heavy atom. The largest absolute Gasteiger partial charge is 0.355 e. The van der Waals surface area contributed by atoms with Crippen LogP contribution in [0.15, 0.2) is 17.5 Å². The standard InChI is InChI=1S/C15H24N2O3S2/c1-22(19,20)17-11-6-10-16-14(18)15(8-3-2-4-9-15)13-7-5-12-21-13/h5,7,12,17H,2-4,6,8-11H2,1H3,(H,16,18). The number of sulfonamides is 1. The molecule has 0 saturated heterocycles. The number of rotatable bonds is 7. The Morgan fingerprint density at radius 1 is 1.27 bits per heavy atom. The lowest BCUT2D eigenvalue weighted by Crippen LogP contribution is -2.46. The molecule has 1 aromatic rings. The van der Waals surface area contributed by atoms with Crippen molar-refractivity contribution < 1.29 is 13.2 Å². The third kappa shape index (κ3) is 4.54. The average Bonchev–Trinajstić information content (AvgIpc) is 3.01. The van der Waals surface area contributed by atoms with Crippen LogP contribution in [-0.2, 0) is 20.2 Å². The van der Waals surface area contributed by atoms with E-state index in [1.54, 1.807) is 11.3 Å². The van der Waals surface area contributed by atoms with Gasteiger partial charge in [0.25, 0.3) is 0 Å². The summed E-state index contributed by atoms with van der Waals surface area (Å²) < 4.78 is 24.4. The predicted octanol–water partition coefficient (Wildman–Crippen LogP) is 2.01. The van der Waals surface area contributed by atoms with Crippen molar-refractivity contribution in [2.24, 2.45) is 0 Å². The summed E-state index contributed by atoms with van der Waals surface area (Å²) in [5.74, 6) is 0.0917. The van der Waals surface area contributed by atoms with Gasteiger partial charge in [-0.25, -0.2) is 13.1 Å². The van der Waals surface area contributed by atoms with Gasteiger partial charge in [-0.2, -0.15) is 0 Å². The number of carbonyl (C=O) groups is 1. The molecule has 0 bridgehead atoms. The van der Waals surface area contributed by atoms with Gasteiger partial charge in [-0.1, -0.05) is 25.3 Å². The third-order valence-electron chi connectivity index (χ3n) is 4.14. The molecular formula is C15H24N2O3S2. The molecule has 1 aliphatic rings. The van der Waals surface area contributed by atoms with Crippen LogP contribution in [0.1, 0.15) is 43.4 Å². The molecule has 2 rings (SSSR count). The third-order valence-corrected chi connectivity index (χ3v) is 5.94. The molecule has 7 heteroatoms. The van der Waals surface area contributed by atoms with Crippen LogP contribution in [-0.4, -0.2) is 33.7 Å². The number of thiophene rings is 1.